The van der Waals surface area contributed by atoms with Gasteiger partial charge >= 0.3 is 0 Å². The topological polar surface area (TPSA) is 91.9 Å². The van der Waals surface area contributed by atoms with E-state index in [1.165, 1.54) is 0 Å². The van der Waals surface area contributed by atoms with Crippen LogP contribution >= 0.6 is 0 Å². The molecule has 0 N–H and O–H groups in total. The number of halogens is 2. The summed E-state index contributed by atoms with van der Waals surface area (Å²) in [5.74, 6) is -3.14. The molecular formula is C5H8F2N4O2. The smallest absolute Gasteiger partial charge is 0.254 e. The van der Waals surface area contributed by atoms with E-state index in [1.54, 1.807) is 0 Å². The largest absolute Gasteiger partial charge is 0.265 e. The highest BCUT2D eigenvalue weighted by Crippen LogP contribution is 2.20. The van der Waals surface area contributed by atoms with Crippen molar-refractivity contribution < 1.29 is 13.7 Å². The van der Waals surface area contributed by atoms with Crippen LogP contribution in [0.4, 0.5) is 8.78 Å². The molecule has 0 aromatic carbocycles. The second-order valence-corrected chi connectivity index (χ2v) is 2.40. The van der Waals surface area contributed by atoms with Gasteiger partial charge in [0.05, 0.1) is 6.54 Å². The second-order valence-electron chi connectivity index (χ2n) is 2.40. The van der Waals surface area contributed by atoms with E-state index in [0.717, 1.165) is 0 Å². The lowest BCUT2D eigenvalue weighted by Gasteiger charge is -2.10. The molecule has 0 unspecified atom stereocenters. The lowest BCUT2D eigenvalue weighted by Crippen LogP contribution is -2.21. The molecule has 8 heteroatoms. The Morgan fingerprint density at radius 1 is 1.62 bits per heavy atom. The van der Waals surface area contributed by atoms with Crippen LogP contribution in [-0.4, -0.2) is 23.9 Å². The maximum Gasteiger partial charge on any atom is 0.254 e. The molecule has 0 bridgehead atoms. The molecule has 13 heavy (non-hydrogen) atoms. The van der Waals surface area contributed by atoms with Gasteiger partial charge in [-0.25, -0.2) is 8.78 Å². The molecule has 74 valence electrons. The highest BCUT2D eigenvalue weighted by Gasteiger charge is 2.27. The lowest BCUT2D eigenvalue weighted by molar-refractivity contribution is -0.481. The summed E-state index contributed by atoms with van der Waals surface area (Å²) in [6.07, 6.45) is -0.853. The molecule has 6 nitrogen and oxygen atoms in total. The van der Waals surface area contributed by atoms with Crippen LogP contribution in [0.5, 0.6) is 0 Å². The summed E-state index contributed by atoms with van der Waals surface area (Å²) in [6.45, 7) is -1.44. The number of hydrogen-bond acceptors (Lipinski definition) is 3. The Balaban J connectivity index is 3.74. The minimum Gasteiger partial charge on any atom is -0.265 e. The average molecular weight is 194 g/mol. The summed E-state index contributed by atoms with van der Waals surface area (Å²) in [4.78, 5) is 11.3. The number of nitro groups is 1. The number of azide groups is 1. The highest BCUT2D eigenvalue weighted by atomic mass is 19.3. The molecule has 0 radical (unpaired) electrons. The maximum absolute atomic E-state index is 12.6. The van der Waals surface area contributed by atoms with Crippen molar-refractivity contribution in [2.45, 2.75) is 18.8 Å². The van der Waals surface area contributed by atoms with Crippen molar-refractivity contribution >= 4 is 0 Å². The normalized spacial score (nSPS) is 10.6. The van der Waals surface area contributed by atoms with Gasteiger partial charge < -0.3 is 0 Å². The molecule has 0 heterocycles. The number of nitrogens with zero attached hydrogens (tertiary/aromatic N) is 4. The van der Waals surface area contributed by atoms with Gasteiger partial charge in [0.1, 0.15) is 0 Å². The first-order valence-electron chi connectivity index (χ1n) is 3.48. The van der Waals surface area contributed by atoms with Crippen LogP contribution in [0.15, 0.2) is 5.11 Å². The molecule has 0 saturated heterocycles. The zero-order valence-electron chi connectivity index (χ0n) is 6.69. The minimum atomic E-state index is -3.14. The highest BCUT2D eigenvalue weighted by molar-refractivity contribution is 4.69. The molecule has 0 aromatic heterocycles. The third-order valence-electron chi connectivity index (χ3n) is 1.25. The van der Waals surface area contributed by atoms with Crippen LogP contribution in [0, 0.1) is 10.1 Å². The van der Waals surface area contributed by atoms with Gasteiger partial charge in [-0.3, -0.25) is 10.1 Å². The zero-order chi connectivity index (χ0) is 10.3. The van der Waals surface area contributed by atoms with Crippen molar-refractivity contribution in [2.24, 2.45) is 5.11 Å². The van der Waals surface area contributed by atoms with Crippen molar-refractivity contribution in [3.63, 3.8) is 0 Å². The average Bonchev–Trinajstić information content (AvgIpc) is 2.00. The summed E-state index contributed by atoms with van der Waals surface area (Å²) < 4.78 is 25.1. The molecular weight excluding hydrogens is 186 g/mol. The van der Waals surface area contributed by atoms with Crippen molar-refractivity contribution in [2.75, 3.05) is 13.1 Å². The Labute approximate surface area is 72.3 Å². The first-order valence-corrected chi connectivity index (χ1v) is 3.48. The van der Waals surface area contributed by atoms with E-state index in [2.05, 4.69) is 10.0 Å². The molecule has 0 rings (SSSR count). The van der Waals surface area contributed by atoms with Crippen LogP contribution in [-0.2, 0) is 0 Å². The first-order chi connectivity index (χ1) is 5.98. The second kappa shape index (κ2) is 5.26. The quantitative estimate of drug-likeness (QED) is 0.212. The van der Waals surface area contributed by atoms with E-state index in [0.29, 0.717) is 0 Å². The predicted molar refractivity (Wildman–Crippen MR) is 40.1 cm³/mol. The van der Waals surface area contributed by atoms with E-state index < -0.39 is 30.4 Å². The molecule has 0 amide bonds. The van der Waals surface area contributed by atoms with Crippen LogP contribution < -0.4 is 0 Å². The fraction of sp³-hybridized carbons (Fsp3) is 1.00. The Hall–Kier alpha value is -1.43. The Morgan fingerprint density at radius 2 is 2.23 bits per heavy atom. The van der Waals surface area contributed by atoms with Gasteiger partial charge in [0, 0.05) is 22.7 Å². The fourth-order valence-electron chi connectivity index (χ4n) is 0.681. The van der Waals surface area contributed by atoms with E-state index in [-0.39, 0.29) is 6.42 Å². The summed E-state index contributed by atoms with van der Waals surface area (Å²) in [5.41, 5.74) is 7.76. The molecule has 0 fully saturated rings. The first kappa shape index (κ1) is 11.6. The number of rotatable bonds is 6. The third kappa shape index (κ3) is 6.95. The lowest BCUT2D eigenvalue weighted by atomic mass is 10.2. The molecule has 0 aromatic rings. The zero-order valence-corrected chi connectivity index (χ0v) is 6.69. The summed E-state index contributed by atoms with van der Waals surface area (Å²) in [6, 6.07) is 0. The van der Waals surface area contributed by atoms with Gasteiger partial charge in [0.15, 0.2) is 0 Å². The van der Waals surface area contributed by atoms with Crippen LogP contribution in [0.2, 0.25) is 0 Å². The van der Waals surface area contributed by atoms with Crippen LogP contribution in [0.1, 0.15) is 12.8 Å². The minimum absolute atomic E-state index is 0.221. The van der Waals surface area contributed by atoms with E-state index in [4.69, 9.17) is 5.53 Å². The van der Waals surface area contributed by atoms with Crippen molar-refractivity contribution in [3.8, 4) is 0 Å². The van der Waals surface area contributed by atoms with Crippen LogP contribution in [0.25, 0.3) is 10.4 Å². The van der Waals surface area contributed by atoms with Gasteiger partial charge in [-0.2, -0.15) is 0 Å². The molecule has 0 saturated carbocycles. The van der Waals surface area contributed by atoms with E-state index in [1.807, 2.05) is 0 Å². The van der Waals surface area contributed by atoms with E-state index in [9.17, 15) is 18.9 Å². The molecule has 0 spiro atoms. The predicted octanol–water partition coefficient (Wildman–Crippen LogP) is 1.99. The third-order valence-corrected chi connectivity index (χ3v) is 1.25. The van der Waals surface area contributed by atoms with Crippen molar-refractivity contribution in [1.29, 1.82) is 0 Å². The van der Waals surface area contributed by atoms with Gasteiger partial charge in [-0.15, -0.1) is 0 Å². The van der Waals surface area contributed by atoms with Gasteiger partial charge in [-0.05, 0) is 5.53 Å². The van der Waals surface area contributed by atoms with Gasteiger partial charge in [-0.1, -0.05) is 5.11 Å². The fourth-order valence-corrected chi connectivity index (χ4v) is 0.681. The Kier molecular flexibility index (Phi) is 4.68. The molecule has 0 aliphatic rings. The number of alkyl halides is 2. The molecule has 0 atom stereocenters. The van der Waals surface area contributed by atoms with E-state index >= 15 is 0 Å². The standard InChI is InChI=1S/C5H8F2N4O2/c6-5(7,4-9-10-8)2-1-3-11(12)13/h1-4H2. The SMILES string of the molecule is [N-]=[N+]=NCC(F)(F)CCC[N+](=O)[O-]. The number of hydrogen-bond donors (Lipinski definition) is 0. The Morgan fingerprint density at radius 3 is 2.69 bits per heavy atom. The monoisotopic (exact) mass is 194 g/mol. The van der Waals surface area contributed by atoms with Gasteiger partial charge in [0.2, 0.25) is 6.54 Å². The molecule has 0 aliphatic carbocycles. The summed E-state index contributed by atoms with van der Waals surface area (Å²) in [7, 11) is 0. The molecule has 0 aliphatic heterocycles. The van der Waals surface area contributed by atoms with Crippen LogP contribution in [0.3, 0.4) is 0 Å². The van der Waals surface area contributed by atoms with Crippen molar-refractivity contribution in [3.05, 3.63) is 20.6 Å². The maximum atomic E-state index is 12.6. The summed E-state index contributed by atoms with van der Waals surface area (Å²) >= 11 is 0. The van der Waals surface area contributed by atoms with Crippen molar-refractivity contribution in [1.82, 2.24) is 0 Å². The Bertz CT molecular complexity index is 227. The van der Waals surface area contributed by atoms with Gasteiger partial charge in [0.25, 0.3) is 5.92 Å². The summed E-state index contributed by atoms with van der Waals surface area (Å²) in [5, 5.41) is 12.5.